The third-order valence-corrected chi connectivity index (χ3v) is 5.04. The number of methoxy groups -OCH3 is 2. The predicted molar refractivity (Wildman–Crippen MR) is 107 cm³/mol. The smallest absolute Gasteiger partial charge is 0.328 e. The van der Waals surface area contributed by atoms with E-state index in [-0.39, 0.29) is 35.3 Å². The van der Waals surface area contributed by atoms with Gasteiger partial charge in [0.25, 0.3) is 0 Å². The van der Waals surface area contributed by atoms with Crippen LogP contribution in [0.15, 0.2) is 47.5 Å². The van der Waals surface area contributed by atoms with Gasteiger partial charge in [0, 0.05) is 30.9 Å². The number of hydrogen-bond acceptors (Lipinski definition) is 6. The number of nitrogens with one attached hydrogen (secondary N) is 1. The van der Waals surface area contributed by atoms with E-state index in [0.717, 1.165) is 11.8 Å². The quantitative estimate of drug-likeness (QED) is 0.588. The zero-order chi connectivity index (χ0) is 19.9. The van der Waals surface area contributed by atoms with Gasteiger partial charge in [-0.15, -0.1) is 12.4 Å². The molecule has 2 aromatic rings. The van der Waals surface area contributed by atoms with E-state index >= 15 is 0 Å². The molecule has 0 atom stereocenters. The molecule has 0 bridgehead atoms. The molecule has 28 heavy (non-hydrogen) atoms. The second-order valence-electron chi connectivity index (χ2n) is 5.39. The Balaban J connectivity index is 0.00000392. The summed E-state index contributed by atoms with van der Waals surface area (Å²) in [6.07, 6.45) is 4.23. The van der Waals surface area contributed by atoms with E-state index in [9.17, 15) is 13.2 Å². The van der Waals surface area contributed by atoms with Gasteiger partial charge in [0.1, 0.15) is 4.90 Å². The zero-order valence-electron chi connectivity index (χ0n) is 15.3. The Labute approximate surface area is 169 Å². The third kappa shape index (κ3) is 6.22. The van der Waals surface area contributed by atoms with Crippen molar-refractivity contribution in [3.63, 3.8) is 0 Å². The third-order valence-electron chi connectivity index (χ3n) is 3.57. The number of aliphatic carboxylic acids is 1. The van der Waals surface area contributed by atoms with Gasteiger partial charge in [0.05, 0.1) is 14.2 Å². The van der Waals surface area contributed by atoms with Gasteiger partial charge in [0.2, 0.25) is 10.0 Å². The van der Waals surface area contributed by atoms with E-state index in [1.807, 2.05) is 6.07 Å². The fourth-order valence-corrected chi connectivity index (χ4v) is 3.60. The number of aromatic nitrogens is 1. The van der Waals surface area contributed by atoms with E-state index in [4.69, 9.17) is 14.6 Å². The number of rotatable bonds is 9. The molecule has 0 saturated heterocycles. The number of halogens is 1. The summed E-state index contributed by atoms with van der Waals surface area (Å²) in [7, 11) is -1.23. The van der Waals surface area contributed by atoms with Crippen molar-refractivity contribution in [3.05, 3.63) is 53.9 Å². The number of carbonyl (C=O) groups is 1. The fraction of sp³-hybridized carbons (Fsp3) is 0.222. The van der Waals surface area contributed by atoms with Crippen LogP contribution < -0.4 is 14.2 Å². The van der Waals surface area contributed by atoms with Crippen LogP contribution in [0.25, 0.3) is 6.08 Å². The first-order valence-electron chi connectivity index (χ1n) is 7.94. The van der Waals surface area contributed by atoms with E-state index in [2.05, 4.69) is 9.71 Å². The van der Waals surface area contributed by atoms with Crippen molar-refractivity contribution in [2.75, 3.05) is 20.8 Å². The van der Waals surface area contributed by atoms with Crippen molar-refractivity contribution in [2.24, 2.45) is 0 Å². The van der Waals surface area contributed by atoms with Gasteiger partial charge in [-0.25, -0.2) is 17.9 Å². The minimum absolute atomic E-state index is 0. The summed E-state index contributed by atoms with van der Waals surface area (Å²) in [5, 5.41) is 8.78. The standard InChI is InChI=1S/C18H20N2O6S.ClH/c1-25-15-11-13(6-7-17(21)22)12-16(18(15)26-2)27(23,24)20-10-8-14-5-3-4-9-19-14;/h3-7,9,11-12,20H,8,10H2,1-2H3,(H,21,22);1H. The lowest BCUT2D eigenvalue weighted by atomic mass is 10.2. The van der Waals surface area contributed by atoms with Gasteiger partial charge in [-0.2, -0.15) is 0 Å². The molecule has 0 aliphatic rings. The van der Waals surface area contributed by atoms with Crippen molar-refractivity contribution in [1.82, 2.24) is 9.71 Å². The molecule has 0 radical (unpaired) electrons. The lowest BCUT2D eigenvalue weighted by molar-refractivity contribution is -0.131. The van der Waals surface area contributed by atoms with Crippen LogP contribution in [0, 0.1) is 0 Å². The van der Waals surface area contributed by atoms with E-state index in [0.29, 0.717) is 12.0 Å². The van der Waals surface area contributed by atoms with E-state index < -0.39 is 16.0 Å². The van der Waals surface area contributed by atoms with Crippen molar-refractivity contribution in [2.45, 2.75) is 11.3 Å². The SMILES string of the molecule is COc1cc(C=CC(=O)O)cc(S(=O)(=O)NCCc2ccccn2)c1OC.Cl. The largest absolute Gasteiger partial charge is 0.493 e. The minimum atomic E-state index is -3.93. The predicted octanol–water partition coefficient (Wildman–Crippen LogP) is 2.14. The maximum atomic E-state index is 12.8. The second kappa shape index (κ2) is 10.6. The van der Waals surface area contributed by atoms with Crippen LogP contribution in [-0.4, -0.2) is 45.2 Å². The molecule has 2 rings (SSSR count). The van der Waals surface area contributed by atoms with Crippen molar-refractivity contribution < 1.29 is 27.8 Å². The highest BCUT2D eigenvalue weighted by Crippen LogP contribution is 2.36. The molecule has 0 unspecified atom stereocenters. The first-order valence-corrected chi connectivity index (χ1v) is 9.42. The monoisotopic (exact) mass is 428 g/mol. The minimum Gasteiger partial charge on any atom is -0.493 e. The molecule has 0 fully saturated rings. The highest BCUT2D eigenvalue weighted by atomic mass is 35.5. The molecule has 0 spiro atoms. The summed E-state index contributed by atoms with van der Waals surface area (Å²) < 4.78 is 38.4. The van der Waals surface area contributed by atoms with Gasteiger partial charge in [-0.1, -0.05) is 6.07 Å². The van der Waals surface area contributed by atoms with Crippen molar-refractivity contribution in [3.8, 4) is 11.5 Å². The van der Waals surface area contributed by atoms with Gasteiger partial charge in [-0.3, -0.25) is 4.98 Å². The molecule has 10 heteroatoms. The molecule has 1 aromatic carbocycles. The van der Waals surface area contributed by atoms with Crippen LogP contribution in [-0.2, 0) is 21.2 Å². The topological polar surface area (TPSA) is 115 Å². The maximum Gasteiger partial charge on any atom is 0.328 e. The molecule has 8 nitrogen and oxygen atoms in total. The average Bonchev–Trinajstić information content (AvgIpc) is 2.66. The molecule has 1 aromatic heterocycles. The number of sulfonamides is 1. The summed E-state index contributed by atoms with van der Waals surface area (Å²) in [6.45, 7) is 0.139. The number of carboxylic acid groups (broad SMARTS) is 1. The van der Waals surface area contributed by atoms with Crippen LogP contribution in [0.5, 0.6) is 11.5 Å². The summed E-state index contributed by atoms with van der Waals surface area (Å²) in [4.78, 5) is 14.7. The second-order valence-corrected chi connectivity index (χ2v) is 7.13. The van der Waals surface area contributed by atoms with Gasteiger partial charge < -0.3 is 14.6 Å². The average molecular weight is 429 g/mol. The molecule has 0 aliphatic heterocycles. The van der Waals surface area contributed by atoms with Crippen LogP contribution in [0.4, 0.5) is 0 Å². The Hall–Kier alpha value is -2.62. The summed E-state index contributed by atoms with van der Waals surface area (Å²) in [5.74, 6) is -0.937. The molecule has 0 amide bonds. The number of ether oxygens (including phenoxy) is 2. The van der Waals surface area contributed by atoms with Crippen LogP contribution in [0.1, 0.15) is 11.3 Å². The molecule has 0 saturated carbocycles. The lowest BCUT2D eigenvalue weighted by Gasteiger charge is -2.15. The Morgan fingerprint density at radius 1 is 1.25 bits per heavy atom. The highest BCUT2D eigenvalue weighted by molar-refractivity contribution is 7.89. The van der Waals surface area contributed by atoms with Gasteiger partial charge >= 0.3 is 5.97 Å². The highest BCUT2D eigenvalue weighted by Gasteiger charge is 2.23. The van der Waals surface area contributed by atoms with Crippen molar-refractivity contribution in [1.29, 1.82) is 0 Å². The maximum absolute atomic E-state index is 12.8. The summed E-state index contributed by atoms with van der Waals surface area (Å²) in [6, 6.07) is 8.22. The number of hydrogen-bond donors (Lipinski definition) is 2. The normalized spacial score (nSPS) is 11.1. The number of carboxylic acids is 1. The number of nitrogens with zero attached hydrogens (tertiary/aromatic N) is 1. The van der Waals surface area contributed by atoms with Gasteiger partial charge in [-0.05, 0) is 35.9 Å². The van der Waals surface area contributed by atoms with Crippen LogP contribution in [0.2, 0.25) is 0 Å². The first kappa shape index (κ1) is 23.4. The van der Waals surface area contributed by atoms with E-state index in [1.54, 1.807) is 18.3 Å². The fourth-order valence-electron chi connectivity index (χ4n) is 2.35. The Morgan fingerprint density at radius 3 is 2.57 bits per heavy atom. The lowest BCUT2D eigenvalue weighted by Crippen LogP contribution is -2.26. The molecular weight excluding hydrogens is 408 g/mol. The van der Waals surface area contributed by atoms with Gasteiger partial charge in [0.15, 0.2) is 11.5 Å². The van der Waals surface area contributed by atoms with Crippen LogP contribution >= 0.6 is 12.4 Å². The number of benzene rings is 1. The Kier molecular flexibility index (Phi) is 8.90. The molecule has 1 heterocycles. The zero-order valence-corrected chi connectivity index (χ0v) is 16.9. The van der Waals surface area contributed by atoms with Crippen molar-refractivity contribution >= 4 is 34.5 Å². The molecular formula is C18H21ClN2O6S. The molecule has 2 N–H and O–H groups in total. The molecule has 152 valence electrons. The first-order chi connectivity index (χ1) is 12.9. The Morgan fingerprint density at radius 2 is 2.00 bits per heavy atom. The van der Waals surface area contributed by atoms with Crippen LogP contribution in [0.3, 0.4) is 0 Å². The summed E-state index contributed by atoms with van der Waals surface area (Å²) >= 11 is 0. The molecule has 0 aliphatic carbocycles. The number of pyridine rings is 1. The van der Waals surface area contributed by atoms with E-state index in [1.165, 1.54) is 32.4 Å². The Bertz CT molecular complexity index is 933. The summed E-state index contributed by atoms with van der Waals surface area (Å²) in [5.41, 5.74) is 1.10.